The minimum absolute atomic E-state index is 0.243. The van der Waals surface area contributed by atoms with Gasteiger partial charge in [0, 0.05) is 12.1 Å². The van der Waals surface area contributed by atoms with Crippen molar-refractivity contribution >= 4 is 23.2 Å². The van der Waals surface area contributed by atoms with Crippen molar-refractivity contribution in [1.29, 1.82) is 0 Å². The van der Waals surface area contributed by atoms with Crippen molar-refractivity contribution in [2.24, 2.45) is 0 Å². The molecule has 138 valence electrons. The number of nitrogens with one attached hydrogen (secondary N) is 1. The molecule has 3 rings (SSSR count). The van der Waals surface area contributed by atoms with Crippen LogP contribution in [0.3, 0.4) is 0 Å². The fraction of sp³-hybridized carbons (Fsp3) is 0.143. The number of carbonyl (C=O) groups is 2. The molecule has 0 saturated carbocycles. The van der Waals surface area contributed by atoms with Gasteiger partial charge in [0.1, 0.15) is 17.2 Å². The van der Waals surface area contributed by atoms with E-state index in [4.69, 9.17) is 4.74 Å². The van der Waals surface area contributed by atoms with Crippen LogP contribution in [0.5, 0.6) is 5.75 Å². The number of methoxy groups -OCH3 is 1. The van der Waals surface area contributed by atoms with Gasteiger partial charge in [0.25, 0.3) is 5.91 Å². The van der Waals surface area contributed by atoms with E-state index in [2.05, 4.69) is 10.1 Å². The molecule has 1 amide bonds. The van der Waals surface area contributed by atoms with Gasteiger partial charge in [-0.2, -0.15) is 0 Å². The summed E-state index contributed by atoms with van der Waals surface area (Å²) < 4.78 is 10.6. The average molecular weight is 381 g/mol. The summed E-state index contributed by atoms with van der Waals surface area (Å²) in [4.78, 5) is 24.7. The molecule has 6 heteroatoms. The lowest BCUT2D eigenvalue weighted by Crippen LogP contribution is -2.22. The molecule has 0 bridgehead atoms. The molecule has 1 N–H and O–H groups in total. The van der Waals surface area contributed by atoms with Gasteiger partial charge in [0.05, 0.1) is 12.0 Å². The van der Waals surface area contributed by atoms with Crippen molar-refractivity contribution in [3.63, 3.8) is 0 Å². The molecule has 5 nitrogen and oxygen atoms in total. The van der Waals surface area contributed by atoms with Gasteiger partial charge in [-0.1, -0.05) is 48.5 Å². The number of hydrogen-bond acceptors (Lipinski definition) is 5. The number of hydrogen-bond donors (Lipinski definition) is 1. The Labute approximate surface area is 161 Å². The van der Waals surface area contributed by atoms with Gasteiger partial charge in [-0.3, -0.25) is 4.79 Å². The van der Waals surface area contributed by atoms with Crippen molar-refractivity contribution in [2.75, 3.05) is 7.11 Å². The van der Waals surface area contributed by atoms with Crippen LogP contribution in [0.2, 0.25) is 0 Å². The summed E-state index contributed by atoms with van der Waals surface area (Å²) in [5.41, 5.74) is 1.96. The highest BCUT2D eigenvalue weighted by molar-refractivity contribution is 7.15. The molecule has 0 atom stereocenters. The number of para-hydroxylation sites is 1. The normalized spacial score (nSPS) is 10.3. The molecule has 0 spiro atoms. The third-order valence-electron chi connectivity index (χ3n) is 3.87. The van der Waals surface area contributed by atoms with Crippen molar-refractivity contribution in [3.8, 4) is 5.75 Å². The molecule has 1 heterocycles. The molecule has 0 aliphatic rings. The molecule has 3 aromatic rings. The van der Waals surface area contributed by atoms with E-state index in [1.165, 1.54) is 7.11 Å². The molecule has 0 radical (unpaired) electrons. The SMILES string of the molecule is COC(=O)c1ccc(C(=O)NCc2ccccc2OCc2ccccc2)s1. The Morgan fingerprint density at radius 1 is 0.926 bits per heavy atom. The number of benzene rings is 2. The van der Waals surface area contributed by atoms with E-state index in [1.807, 2.05) is 54.6 Å². The van der Waals surface area contributed by atoms with Crippen LogP contribution in [-0.2, 0) is 17.9 Å². The fourth-order valence-corrected chi connectivity index (χ4v) is 3.30. The number of ether oxygens (including phenoxy) is 2. The van der Waals surface area contributed by atoms with Crippen LogP contribution >= 0.6 is 11.3 Å². The number of thiophene rings is 1. The van der Waals surface area contributed by atoms with E-state index in [0.717, 1.165) is 28.2 Å². The summed E-state index contributed by atoms with van der Waals surface area (Å²) in [6, 6.07) is 20.7. The second-order valence-electron chi connectivity index (χ2n) is 5.72. The summed E-state index contributed by atoms with van der Waals surface area (Å²) in [7, 11) is 1.31. The Kier molecular flexibility index (Phi) is 6.22. The van der Waals surface area contributed by atoms with Crippen LogP contribution in [0.25, 0.3) is 0 Å². The first-order valence-electron chi connectivity index (χ1n) is 8.38. The molecular formula is C21H19NO4S. The van der Waals surface area contributed by atoms with Crippen LogP contribution in [0, 0.1) is 0 Å². The van der Waals surface area contributed by atoms with Gasteiger partial charge < -0.3 is 14.8 Å². The first-order valence-corrected chi connectivity index (χ1v) is 9.20. The highest BCUT2D eigenvalue weighted by atomic mass is 32.1. The molecule has 0 fully saturated rings. The third kappa shape index (κ3) is 4.95. The van der Waals surface area contributed by atoms with E-state index >= 15 is 0 Å². The number of amides is 1. The summed E-state index contributed by atoms with van der Waals surface area (Å²) in [5.74, 6) is 0.0369. The summed E-state index contributed by atoms with van der Waals surface area (Å²) >= 11 is 1.10. The van der Waals surface area contributed by atoms with Gasteiger partial charge in [-0.15, -0.1) is 11.3 Å². The Morgan fingerprint density at radius 2 is 1.63 bits per heavy atom. The van der Waals surface area contributed by atoms with E-state index in [9.17, 15) is 9.59 Å². The largest absolute Gasteiger partial charge is 0.489 e. The smallest absolute Gasteiger partial charge is 0.348 e. The standard InChI is InChI=1S/C21H19NO4S/c1-25-21(24)19-12-11-18(27-19)20(23)22-13-16-9-5-6-10-17(16)26-14-15-7-3-2-4-8-15/h2-12H,13-14H2,1H3,(H,22,23). The van der Waals surface area contributed by atoms with Crippen LogP contribution in [0.15, 0.2) is 66.7 Å². The lowest BCUT2D eigenvalue weighted by molar-refractivity contribution is 0.0606. The molecular weight excluding hydrogens is 362 g/mol. The lowest BCUT2D eigenvalue weighted by atomic mass is 10.2. The Morgan fingerprint density at radius 3 is 2.41 bits per heavy atom. The van der Waals surface area contributed by atoms with Crippen LogP contribution in [0.1, 0.15) is 30.5 Å². The predicted octanol–water partition coefficient (Wildman–Crippen LogP) is 4.04. The van der Waals surface area contributed by atoms with Crippen LogP contribution < -0.4 is 10.1 Å². The minimum atomic E-state index is -0.446. The topological polar surface area (TPSA) is 64.6 Å². The lowest BCUT2D eigenvalue weighted by Gasteiger charge is -2.12. The average Bonchev–Trinajstić information content (AvgIpc) is 3.21. The monoisotopic (exact) mass is 381 g/mol. The fourth-order valence-electron chi connectivity index (χ4n) is 2.46. The zero-order chi connectivity index (χ0) is 19.1. The molecule has 0 unspecified atom stereocenters. The molecule has 1 aromatic heterocycles. The Balaban J connectivity index is 1.61. The van der Waals surface area contributed by atoms with Crippen molar-refractivity contribution in [2.45, 2.75) is 13.2 Å². The van der Waals surface area contributed by atoms with Crippen LogP contribution in [0.4, 0.5) is 0 Å². The van der Waals surface area contributed by atoms with E-state index in [-0.39, 0.29) is 5.91 Å². The van der Waals surface area contributed by atoms with Crippen molar-refractivity contribution < 1.29 is 19.1 Å². The zero-order valence-electron chi connectivity index (χ0n) is 14.8. The van der Waals surface area contributed by atoms with Crippen molar-refractivity contribution in [1.82, 2.24) is 5.32 Å². The third-order valence-corrected chi connectivity index (χ3v) is 4.93. The number of esters is 1. The summed E-state index contributed by atoms with van der Waals surface area (Å²) in [5, 5.41) is 2.86. The second-order valence-corrected chi connectivity index (χ2v) is 6.80. The summed E-state index contributed by atoms with van der Waals surface area (Å²) in [6.07, 6.45) is 0. The van der Waals surface area contributed by atoms with E-state index in [1.54, 1.807) is 12.1 Å². The molecule has 0 saturated heterocycles. The first-order chi connectivity index (χ1) is 13.2. The Hall–Kier alpha value is -3.12. The van der Waals surface area contributed by atoms with Gasteiger partial charge >= 0.3 is 5.97 Å². The van der Waals surface area contributed by atoms with Gasteiger partial charge in [0.2, 0.25) is 0 Å². The summed E-state index contributed by atoms with van der Waals surface area (Å²) in [6.45, 7) is 0.786. The first kappa shape index (κ1) is 18.7. The van der Waals surface area contributed by atoms with Crippen molar-refractivity contribution in [3.05, 3.63) is 87.6 Å². The number of carbonyl (C=O) groups excluding carboxylic acids is 2. The van der Waals surface area contributed by atoms with Gasteiger partial charge in [-0.05, 0) is 23.8 Å². The second kappa shape index (κ2) is 9.00. The number of rotatable bonds is 7. The predicted molar refractivity (Wildman–Crippen MR) is 104 cm³/mol. The van der Waals surface area contributed by atoms with E-state index < -0.39 is 5.97 Å². The zero-order valence-corrected chi connectivity index (χ0v) is 15.6. The molecule has 2 aromatic carbocycles. The van der Waals surface area contributed by atoms with E-state index in [0.29, 0.717) is 22.9 Å². The maximum Gasteiger partial charge on any atom is 0.348 e. The molecule has 27 heavy (non-hydrogen) atoms. The quantitative estimate of drug-likeness (QED) is 0.627. The maximum atomic E-state index is 12.3. The highest BCUT2D eigenvalue weighted by Gasteiger charge is 2.14. The molecule has 0 aliphatic carbocycles. The Bertz CT molecular complexity index is 921. The minimum Gasteiger partial charge on any atom is -0.489 e. The van der Waals surface area contributed by atoms with Gasteiger partial charge in [-0.25, -0.2) is 4.79 Å². The highest BCUT2D eigenvalue weighted by Crippen LogP contribution is 2.21. The molecule has 0 aliphatic heterocycles. The van der Waals surface area contributed by atoms with Gasteiger partial charge in [0.15, 0.2) is 0 Å². The maximum absolute atomic E-state index is 12.3. The van der Waals surface area contributed by atoms with Crippen LogP contribution in [-0.4, -0.2) is 19.0 Å².